The largest absolute Gasteiger partial charge is 0.456 e. The Morgan fingerprint density at radius 3 is 2.50 bits per heavy atom. The number of ether oxygens (including phenoxy) is 1. The highest BCUT2D eigenvalue weighted by molar-refractivity contribution is 9.10. The highest BCUT2D eigenvalue weighted by atomic mass is 79.9. The summed E-state index contributed by atoms with van der Waals surface area (Å²) in [7, 11) is 0. The predicted octanol–water partition coefficient (Wildman–Crippen LogP) is 4.20. The first-order chi connectivity index (χ1) is 9.38. The van der Waals surface area contributed by atoms with Crippen LogP contribution in [0.5, 0.6) is 11.5 Å². The van der Waals surface area contributed by atoms with Crippen LogP contribution < -0.4 is 10.5 Å². The summed E-state index contributed by atoms with van der Waals surface area (Å²) in [6.45, 7) is 5.78. The van der Waals surface area contributed by atoms with Crippen molar-refractivity contribution in [2.45, 2.75) is 20.8 Å². The van der Waals surface area contributed by atoms with E-state index in [0.29, 0.717) is 16.3 Å². The number of hydrogen-bond acceptors (Lipinski definition) is 3. The molecule has 5 heteroatoms. The molecule has 0 saturated heterocycles. The van der Waals surface area contributed by atoms with E-state index in [1.165, 1.54) is 0 Å². The molecule has 0 saturated carbocycles. The SMILES string of the molecule is Cc1cc(Oc2ccc(Br)cc2C)c(C(N)=S)c(C)n1. The van der Waals surface area contributed by atoms with Gasteiger partial charge in [0.1, 0.15) is 16.5 Å². The standard InChI is InChI=1S/C15H15BrN2OS/c1-8-6-11(16)4-5-12(8)19-13-7-9(2)18-10(3)14(13)15(17)20/h4-7H,1-3H3,(H2,17,20). The van der Waals surface area contributed by atoms with Crippen molar-refractivity contribution in [3.05, 3.63) is 51.3 Å². The number of rotatable bonds is 3. The second-order valence-electron chi connectivity index (χ2n) is 4.60. The van der Waals surface area contributed by atoms with Crippen LogP contribution in [0.4, 0.5) is 0 Å². The maximum absolute atomic E-state index is 5.99. The minimum atomic E-state index is 0.291. The zero-order valence-electron chi connectivity index (χ0n) is 11.5. The molecule has 0 aliphatic rings. The molecule has 3 nitrogen and oxygen atoms in total. The minimum absolute atomic E-state index is 0.291. The van der Waals surface area contributed by atoms with Crippen LogP contribution in [0.2, 0.25) is 0 Å². The van der Waals surface area contributed by atoms with Gasteiger partial charge in [-0.3, -0.25) is 4.98 Å². The van der Waals surface area contributed by atoms with Gasteiger partial charge in [0.15, 0.2) is 0 Å². The molecule has 0 atom stereocenters. The molecular weight excluding hydrogens is 336 g/mol. The van der Waals surface area contributed by atoms with Gasteiger partial charge in [-0.25, -0.2) is 0 Å². The molecule has 2 N–H and O–H groups in total. The number of hydrogen-bond donors (Lipinski definition) is 1. The molecule has 2 aromatic rings. The first-order valence-corrected chi connectivity index (χ1v) is 7.30. The van der Waals surface area contributed by atoms with E-state index in [-0.39, 0.29) is 0 Å². The van der Waals surface area contributed by atoms with Crippen LogP contribution in [-0.2, 0) is 0 Å². The van der Waals surface area contributed by atoms with Gasteiger partial charge in [-0.2, -0.15) is 0 Å². The first kappa shape index (κ1) is 14.9. The van der Waals surface area contributed by atoms with Gasteiger partial charge < -0.3 is 10.5 Å². The quantitative estimate of drug-likeness (QED) is 0.842. The molecule has 1 aromatic carbocycles. The molecule has 0 aliphatic carbocycles. The Morgan fingerprint density at radius 1 is 1.20 bits per heavy atom. The van der Waals surface area contributed by atoms with E-state index in [9.17, 15) is 0 Å². The summed E-state index contributed by atoms with van der Waals surface area (Å²) in [4.78, 5) is 4.67. The third-order valence-electron chi connectivity index (χ3n) is 2.90. The Kier molecular flexibility index (Phi) is 4.40. The monoisotopic (exact) mass is 350 g/mol. The van der Waals surface area contributed by atoms with E-state index in [0.717, 1.165) is 27.2 Å². The summed E-state index contributed by atoms with van der Waals surface area (Å²) >= 11 is 8.54. The molecule has 0 unspecified atom stereocenters. The number of halogens is 1. The van der Waals surface area contributed by atoms with E-state index in [1.54, 1.807) is 0 Å². The summed E-state index contributed by atoms with van der Waals surface area (Å²) in [5.74, 6) is 1.42. The third kappa shape index (κ3) is 3.16. The zero-order chi connectivity index (χ0) is 14.9. The Bertz CT molecular complexity index is 686. The lowest BCUT2D eigenvalue weighted by Gasteiger charge is -2.14. The van der Waals surface area contributed by atoms with Crippen molar-refractivity contribution in [2.24, 2.45) is 5.73 Å². The summed E-state index contributed by atoms with van der Waals surface area (Å²) in [6.07, 6.45) is 0. The molecule has 20 heavy (non-hydrogen) atoms. The Morgan fingerprint density at radius 2 is 1.90 bits per heavy atom. The second-order valence-corrected chi connectivity index (χ2v) is 5.95. The van der Waals surface area contributed by atoms with Gasteiger partial charge in [0.05, 0.1) is 11.3 Å². The van der Waals surface area contributed by atoms with Crippen molar-refractivity contribution < 1.29 is 4.74 Å². The van der Waals surface area contributed by atoms with Crippen LogP contribution in [0.1, 0.15) is 22.5 Å². The van der Waals surface area contributed by atoms with Gasteiger partial charge in [-0.1, -0.05) is 28.1 Å². The lowest BCUT2D eigenvalue weighted by atomic mass is 10.1. The highest BCUT2D eigenvalue weighted by Crippen LogP contribution is 2.31. The van der Waals surface area contributed by atoms with Gasteiger partial charge in [0.25, 0.3) is 0 Å². The fourth-order valence-corrected chi connectivity index (χ4v) is 2.74. The number of pyridine rings is 1. The van der Waals surface area contributed by atoms with Crippen LogP contribution in [-0.4, -0.2) is 9.97 Å². The Labute approximate surface area is 132 Å². The van der Waals surface area contributed by atoms with Gasteiger partial charge in [-0.15, -0.1) is 0 Å². The lowest BCUT2D eigenvalue weighted by Crippen LogP contribution is -2.14. The third-order valence-corrected chi connectivity index (χ3v) is 3.59. The van der Waals surface area contributed by atoms with Gasteiger partial charge in [0, 0.05) is 16.2 Å². The first-order valence-electron chi connectivity index (χ1n) is 6.10. The van der Waals surface area contributed by atoms with Crippen molar-refractivity contribution in [2.75, 3.05) is 0 Å². The number of aromatic nitrogens is 1. The fourth-order valence-electron chi connectivity index (χ4n) is 2.02. The molecule has 104 valence electrons. The number of benzene rings is 1. The zero-order valence-corrected chi connectivity index (χ0v) is 13.9. The van der Waals surface area contributed by atoms with Gasteiger partial charge >= 0.3 is 0 Å². The fraction of sp³-hybridized carbons (Fsp3) is 0.200. The highest BCUT2D eigenvalue weighted by Gasteiger charge is 2.14. The molecule has 0 aliphatic heterocycles. The number of thiocarbonyl (C=S) groups is 1. The number of aryl methyl sites for hydroxylation is 3. The normalized spacial score (nSPS) is 10.4. The van der Waals surface area contributed by atoms with Crippen molar-refractivity contribution in [1.82, 2.24) is 4.98 Å². The Hall–Kier alpha value is -1.46. The van der Waals surface area contributed by atoms with E-state index < -0.39 is 0 Å². The van der Waals surface area contributed by atoms with E-state index in [2.05, 4.69) is 20.9 Å². The Balaban J connectivity index is 2.50. The number of nitrogens with two attached hydrogens (primary N) is 1. The van der Waals surface area contributed by atoms with E-state index in [4.69, 9.17) is 22.7 Å². The molecular formula is C15H15BrN2OS. The topological polar surface area (TPSA) is 48.1 Å². The minimum Gasteiger partial charge on any atom is -0.456 e. The molecule has 1 heterocycles. The van der Waals surface area contributed by atoms with Crippen LogP contribution in [0.15, 0.2) is 28.7 Å². The summed E-state index contributed by atoms with van der Waals surface area (Å²) in [5.41, 5.74) is 9.15. The maximum Gasteiger partial charge on any atom is 0.141 e. The molecule has 0 radical (unpaired) electrons. The van der Waals surface area contributed by atoms with Crippen molar-refractivity contribution >= 4 is 33.1 Å². The van der Waals surface area contributed by atoms with E-state index >= 15 is 0 Å². The van der Waals surface area contributed by atoms with Crippen LogP contribution >= 0.6 is 28.1 Å². The summed E-state index contributed by atoms with van der Waals surface area (Å²) in [6, 6.07) is 7.69. The maximum atomic E-state index is 5.99. The summed E-state index contributed by atoms with van der Waals surface area (Å²) in [5, 5.41) is 0. The molecule has 0 bridgehead atoms. The average molecular weight is 351 g/mol. The van der Waals surface area contributed by atoms with Gasteiger partial charge in [0.2, 0.25) is 0 Å². The second kappa shape index (κ2) is 5.89. The van der Waals surface area contributed by atoms with E-state index in [1.807, 2.05) is 45.0 Å². The van der Waals surface area contributed by atoms with Crippen LogP contribution in [0, 0.1) is 20.8 Å². The van der Waals surface area contributed by atoms with Crippen molar-refractivity contribution in [1.29, 1.82) is 0 Å². The molecule has 2 rings (SSSR count). The van der Waals surface area contributed by atoms with Crippen molar-refractivity contribution in [3.8, 4) is 11.5 Å². The molecule has 1 aromatic heterocycles. The molecule has 0 spiro atoms. The number of nitrogens with zero attached hydrogens (tertiary/aromatic N) is 1. The summed E-state index contributed by atoms with van der Waals surface area (Å²) < 4.78 is 7.00. The smallest absolute Gasteiger partial charge is 0.141 e. The predicted molar refractivity (Wildman–Crippen MR) is 88.6 cm³/mol. The van der Waals surface area contributed by atoms with Crippen LogP contribution in [0.25, 0.3) is 0 Å². The van der Waals surface area contributed by atoms with Crippen molar-refractivity contribution in [3.63, 3.8) is 0 Å². The molecule has 0 fully saturated rings. The molecule has 0 amide bonds. The average Bonchev–Trinajstić information content (AvgIpc) is 2.31. The lowest BCUT2D eigenvalue weighted by molar-refractivity contribution is 0.476. The van der Waals surface area contributed by atoms with Crippen LogP contribution in [0.3, 0.4) is 0 Å². The van der Waals surface area contributed by atoms with Gasteiger partial charge in [-0.05, 0) is 44.5 Å².